The predicted octanol–water partition coefficient (Wildman–Crippen LogP) is 2.75. The van der Waals surface area contributed by atoms with E-state index in [9.17, 15) is 4.79 Å². The summed E-state index contributed by atoms with van der Waals surface area (Å²) in [5.74, 6) is 0.758. The third-order valence-electron chi connectivity index (χ3n) is 5.95. The van der Waals surface area contributed by atoms with Gasteiger partial charge < -0.3 is 16.0 Å². The lowest BCUT2D eigenvalue weighted by atomic mass is 9.96. The van der Waals surface area contributed by atoms with Crippen molar-refractivity contribution in [3.05, 3.63) is 59.9 Å². The maximum Gasteiger partial charge on any atom is 0.273 e. The molecule has 12 nitrogen and oxygen atoms in total. The zero-order valence-electron chi connectivity index (χ0n) is 21.1. The average molecular weight is 524 g/mol. The third-order valence-corrected chi connectivity index (χ3v) is 5.95. The van der Waals surface area contributed by atoms with Crippen LogP contribution in [-0.4, -0.2) is 52.2 Å². The van der Waals surface area contributed by atoms with Crippen LogP contribution in [0.5, 0.6) is 0 Å². The fourth-order valence-corrected chi connectivity index (χ4v) is 4.05. The van der Waals surface area contributed by atoms with Crippen molar-refractivity contribution < 1.29 is 4.79 Å². The molecule has 1 aliphatic rings. The SMILES string of the molecule is Cl.Cn1cc(Nc2ncnc(-c3ccc4c(c3)CNCC[C@H]4NC(=O)c3cn(C(C)(C)C)nn3)n2)cn1. The van der Waals surface area contributed by atoms with Crippen molar-refractivity contribution in [2.24, 2.45) is 7.05 Å². The minimum Gasteiger partial charge on any atom is -0.344 e. The number of rotatable bonds is 5. The molecule has 37 heavy (non-hydrogen) atoms. The van der Waals surface area contributed by atoms with Gasteiger partial charge in [-0.25, -0.2) is 14.6 Å². The van der Waals surface area contributed by atoms with Crippen molar-refractivity contribution in [2.45, 2.75) is 45.3 Å². The molecule has 4 heterocycles. The lowest BCUT2D eigenvalue weighted by molar-refractivity contribution is 0.0930. The Bertz CT molecular complexity index is 1390. The van der Waals surface area contributed by atoms with Gasteiger partial charge in [-0.2, -0.15) is 10.1 Å². The molecular formula is C24H30ClN11O. The zero-order valence-corrected chi connectivity index (χ0v) is 22.0. The molecule has 0 spiro atoms. The molecule has 0 bridgehead atoms. The first-order chi connectivity index (χ1) is 17.3. The van der Waals surface area contributed by atoms with Gasteiger partial charge in [0.05, 0.1) is 29.7 Å². The molecule has 0 radical (unpaired) electrons. The highest BCUT2D eigenvalue weighted by molar-refractivity contribution is 5.92. The number of aromatic nitrogens is 8. The molecule has 5 rings (SSSR count). The summed E-state index contributed by atoms with van der Waals surface area (Å²) in [6.07, 6.45) is 7.48. The molecule has 1 aromatic carbocycles. The van der Waals surface area contributed by atoms with E-state index in [4.69, 9.17) is 0 Å². The Kier molecular flexibility index (Phi) is 7.50. The van der Waals surface area contributed by atoms with Crippen molar-refractivity contribution in [2.75, 3.05) is 11.9 Å². The Morgan fingerprint density at radius 3 is 2.76 bits per heavy atom. The molecule has 0 saturated heterocycles. The number of benzene rings is 1. The van der Waals surface area contributed by atoms with Crippen LogP contribution in [0.1, 0.15) is 54.8 Å². The number of nitrogens with zero attached hydrogens (tertiary/aromatic N) is 8. The van der Waals surface area contributed by atoms with Crippen LogP contribution in [-0.2, 0) is 19.1 Å². The van der Waals surface area contributed by atoms with Gasteiger partial charge in [0, 0.05) is 25.4 Å². The molecule has 0 fully saturated rings. The van der Waals surface area contributed by atoms with Crippen LogP contribution in [0.15, 0.2) is 43.1 Å². The quantitative estimate of drug-likeness (QED) is 0.360. The molecule has 4 aromatic rings. The Labute approximate surface area is 220 Å². The van der Waals surface area contributed by atoms with E-state index in [1.54, 1.807) is 21.8 Å². The van der Waals surface area contributed by atoms with Gasteiger partial charge in [0.1, 0.15) is 6.33 Å². The number of halogens is 1. The number of aryl methyl sites for hydroxylation is 1. The summed E-state index contributed by atoms with van der Waals surface area (Å²) >= 11 is 0. The van der Waals surface area contributed by atoms with Gasteiger partial charge in [0.2, 0.25) is 5.95 Å². The zero-order chi connectivity index (χ0) is 25.3. The summed E-state index contributed by atoms with van der Waals surface area (Å²) in [4.78, 5) is 26.1. The highest BCUT2D eigenvalue weighted by Gasteiger charge is 2.24. The van der Waals surface area contributed by atoms with Crippen LogP contribution < -0.4 is 16.0 Å². The maximum absolute atomic E-state index is 13.0. The van der Waals surface area contributed by atoms with E-state index >= 15 is 0 Å². The van der Waals surface area contributed by atoms with Crippen LogP contribution in [0.25, 0.3) is 11.4 Å². The molecule has 0 saturated carbocycles. The van der Waals surface area contributed by atoms with Crippen molar-refractivity contribution in [3.8, 4) is 11.4 Å². The number of carbonyl (C=O) groups excluding carboxylic acids is 1. The van der Waals surface area contributed by atoms with Gasteiger partial charge in [-0.05, 0) is 50.9 Å². The predicted molar refractivity (Wildman–Crippen MR) is 141 cm³/mol. The van der Waals surface area contributed by atoms with Crippen LogP contribution >= 0.6 is 12.4 Å². The minimum atomic E-state index is -0.247. The Hall–Kier alpha value is -3.90. The topological polar surface area (TPSA) is 140 Å². The van der Waals surface area contributed by atoms with Gasteiger partial charge in [0.15, 0.2) is 11.5 Å². The van der Waals surface area contributed by atoms with Crippen molar-refractivity contribution in [1.82, 2.24) is 50.4 Å². The fourth-order valence-electron chi connectivity index (χ4n) is 4.05. The molecule has 3 aromatic heterocycles. The molecule has 0 unspecified atom stereocenters. The van der Waals surface area contributed by atoms with E-state index in [1.807, 2.05) is 46.1 Å². The minimum absolute atomic E-state index is 0. The van der Waals surface area contributed by atoms with E-state index in [2.05, 4.69) is 52.4 Å². The van der Waals surface area contributed by atoms with Crippen molar-refractivity contribution in [1.29, 1.82) is 0 Å². The van der Waals surface area contributed by atoms with E-state index in [1.165, 1.54) is 6.33 Å². The lowest BCUT2D eigenvalue weighted by Gasteiger charge is -2.19. The van der Waals surface area contributed by atoms with E-state index < -0.39 is 0 Å². The second-order valence-corrected chi connectivity index (χ2v) is 9.78. The van der Waals surface area contributed by atoms with E-state index in [0.717, 1.165) is 35.3 Å². The van der Waals surface area contributed by atoms with Gasteiger partial charge in [-0.1, -0.05) is 17.3 Å². The largest absolute Gasteiger partial charge is 0.344 e. The fraction of sp³-hybridized carbons (Fsp3) is 0.375. The van der Waals surface area contributed by atoms with Gasteiger partial charge in [0.25, 0.3) is 5.91 Å². The summed E-state index contributed by atoms with van der Waals surface area (Å²) in [5.41, 5.74) is 3.86. The number of hydrogen-bond acceptors (Lipinski definition) is 9. The van der Waals surface area contributed by atoms with Crippen LogP contribution in [0.3, 0.4) is 0 Å². The third kappa shape index (κ3) is 5.92. The first-order valence-corrected chi connectivity index (χ1v) is 11.8. The summed E-state index contributed by atoms with van der Waals surface area (Å²) < 4.78 is 3.40. The van der Waals surface area contributed by atoms with Gasteiger partial charge in [-0.3, -0.25) is 9.48 Å². The van der Waals surface area contributed by atoms with Gasteiger partial charge >= 0.3 is 0 Å². The number of hydrogen-bond donors (Lipinski definition) is 3. The molecule has 1 atom stereocenters. The highest BCUT2D eigenvalue weighted by atomic mass is 35.5. The summed E-state index contributed by atoms with van der Waals surface area (Å²) in [5, 5.41) is 22.0. The number of amides is 1. The summed E-state index contributed by atoms with van der Waals surface area (Å²) in [7, 11) is 1.85. The van der Waals surface area contributed by atoms with Crippen molar-refractivity contribution in [3.63, 3.8) is 0 Å². The average Bonchev–Trinajstić information content (AvgIpc) is 3.46. The first-order valence-electron chi connectivity index (χ1n) is 11.8. The molecule has 13 heteroatoms. The van der Waals surface area contributed by atoms with E-state index in [-0.39, 0.29) is 29.9 Å². The second-order valence-electron chi connectivity index (χ2n) is 9.78. The highest BCUT2D eigenvalue weighted by Crippen LogP contribution is 2.28. The molecule has 1 aliphatic heterocycles. The lowest BCUT2D eigenvalue weighted by Crippen LogP contribution is -2.30. The number of anilines is 2. The standard InChI is InChI=1S/C24H29N11O.ClH/c1-24(2,3)35-13-20(32-33-35)22(36)30-19-7-8-25-10-16-9-15(5-6-18(16)19)21-26-14-27-23(31-21)29-17-11-28-34(4)12-17;/h5-6,9,11-14,19,25H,7-8,10H2,1-4H3,(H,30,36)(H,26,27,29,31);1H/t19-;/m1./s1. The number of fused-ring (bicyclic) bond motifs is 1. The Morgan fingerprint density at radius 2 is 2.03 bits per heavy atom. The first kappa shape index (κ1) is 26.2. The van der Waals surface area contributed by atoms with Crippen LogP contribution in [0, 0.1) is 0 Å². The van der Waals surface area contributed by atoms with E-state index in [0.29, 0.717) is 24.0 Å². The molecule has 0 aliphatic carbocycles. The molecule has 194 valence electrons. The smallest absolute Gasteiger partial charge is 0.273 e. The van der Waals surface area contributed by atoms with Crippen LogP contribution in [0.2, 0.25) is 0 Å². The molecule has 1 amide bonds. The summed E-state index contributed by atoms with van der Waals surface area (Å²) in [6, 6.07) is 5.92. The monoisotopic (exact) mass is 523 g/mol. The van der Waals surface area contributed by atoms with Crippen molar-refractivity contribution >= 4 is 29.9 Å². The second kappa shape index (κ2) is 10.6. The van der Waals surface area contributed by atoms with Gasteiger partial charge in [-0.15, -0.1) is 17.5 Å². The normalized spacial score (nSPS) is 15.3. The number of nitrogens with one attached hydrogen (secondary N) is 3. The Balaban J connectivity index is 0.00000320. The van der Waals surface area contributed by atoms with Crippen LogP contribution in [0.4, 0.5) is 11.6 Å². The molecular weight excluding hydrogens is 494 g/mol. The number of carbonyl (C=O) groups is 1. The summed E-state index contributed by atoms with van der Waals surface area (Å²) in [6.45, 7) is 7.49. The Morgan fingerprint density at radius 1 is 1.19 bits per heavy atom. The molecule has 3 N–H and O–H groups in total. The maximum atomic E-state index is 13.0.